The second-order valence-electron chi connectivity index (χ2n) is 4.88. The normalized spacial score (nSPS) is 12.0. The van der Waals surface area contributed by atoms with Gasteiger partial charge in [0.25, 0.3) is 0 Å². The molecule has 0 aliphatic carbocycles. The molecule has 2 rings (SSSR count). The van der Waals surface area contributed by atoms with Crippen LogP contribution in [0.1, 0.15) is 18.1 Å². The number of benzene rings is 2. The number of rotatable bonds is 5. The monoisotopic (exact) mass is 363 g/mol. The van der Waals surface area contributed by atoms with Crippen LogP contribution in [0.15, 0.2) is 53.0 Å². The van der Waals surface area contributed by atoms with Gasteiger partial charge in [-0.2, -0.15) is 0 Å². The molecule has 110 valence electrons. The van der Waals surface area contributed by atoms with Gasteiger partial charge in [-0.05, 0) is 49.2 Å². The molecule has 0 radical (unpaired) electrons. The molecule has 0 bridgehead atoms. The predicted molar refractivity (Wildman–Crippen MR) is 94.7 cm³/mol. The Bertz CT molecular complexity index is 612. The van der Waals surface area contributed by atoms with Crippen LogP contribution in [0, 0.1) is 6.92 Å². The Morgan fingerprint density at radius 1 is 1.19 bits per heavy atom. The number of nitrogens with one attached hydrogen (secondary N) is 1. The maximum atomic E-state index is 12.2. The Morgan fingerprint density at radius 3 is 2.52 bits per heavy atom. The predicted octanol–water partition coefficient (Wildman–Crippen LogP) is 5.02. The third-order valence-corrected chi connectivity index (χ3v) is 4.95. The maximum absolute atomic E-state index is 12.2. The molecule has 0 heterocycles. The van der Waals surface area contributed by atoms with Crippen molar-refractivity contribution in [2.75, 3.05) is 5.32 Å². The van der Waals surface area contributed by atoms with Crippen molar-refractivity contribution in [3.63, 3.8) is 0 Å². The minimum atomic E-state index is -0.0896. The Kier molecular flexibility index (Phi) is 5.88. The van der Waals surface area contributed by atoms with E-state index in [0.29, 0.717) is 0 Å². The van der Waals surface area contributed by atoms with Crippen LogP contribution >= 0.6 is 27.7 Å². The Labute approximate surface area is 138 Å². The van der Waals surface area contributed by atoms with Crippen LogP contribution in [0.3, 0.4) is 0 Å². The summed E-state index contributed by atoms with van der Waals surface area (Å²) in [6.45, 7) is 4.04. The van der Waals surface area contributed by atoms with Crippen molar-refractivity contribution < 1.29 is 4.79 Å². The van der Waals surface area contributed by atoms with E-state index in [4.69, 9.17) is 0 Å². The molecule has 0 saturated carbocycles. The molecule has 4 heteroatoms. The van der Waals surface area contributed by atoms with Crippen molar-refractivity contribution in [1.29, 1.82) is 0 Å². The molecule has 0 saturated heterocycles. The first-order chi connectivity index (χ1) is 10.1. The van der Waals surface area contributed by atoms with Gasteiger partial charge in [0.15, 0.2) is 0 Å². The zero-order chi connectivity index (χ0) is 15.2. The highest BCUT2D eigenvalue weighted by atomic mass is 79.9. The van der Waals surface area contributed by atoms with E-state index in [1.807, 2.05) is 43.3 Å². The first-order valence-electron chi connectivity index (χ1n) is 6.79. The van der Waals surface area contributed by atoms with E-state index < -0.39 is 0 Å². The summed E-state index contributed by atoms with van der Waals surface area (Å²) in [7, 11) is 0. The van der Waals surface area contributed by atoms with Crippen LogP contribution in [-0.4, -0.2) is 11.2 Å². The van der Waals surface area contributed by atoms with Gasteiger partial charge < -0.3 is 5.32 Å². The zero-order valence-electron chi connectivity index (χ0n) is 12.1. The average Bonchev–Trinajstić information content (AvgIpc) is 2.48. The third-order valence-electron chi connectivity index (χ3n) is 3.23. The summed E-state index contributed by atoms with van der Waals surface area (Å²) in [5.41, 5.74) is 3.38. The van der Waals surface area contributed by atoms with Crippen molar-refractivity contribution in [2.45, 2.75) is 24.9 Å². The lowest BCUT2D eigenvalue weighted by atomic mass is 10.1. The van der Waals surface area contributed by atoms with E-state index in [-0.39, 0.29) is 11.2 Å². The first-order valence-corrected chi connectivity index (χ1v) is 8.63. The quantitative estimate of drug-likeness (QED) is 0.807. The van der Waals surface area contributed by atoms with Crippen LogP contribution in [0.25, 0.3) is 0 Å². The van der Waals surface area contributed by atoms with E-state index in [9.17, 15) is 4.79 Å². The Balaban J connectivity index is 1.88. The molecular weight excluding hydrogens is 346 g/mol. The largest absolute Gasteiger partial charge is 0.325 e. The summed E-state index contributed by atoms with van der Waals surface area (Å²) in [4.78, 5) is 12.2. The number of anilines is 1. The van der Waals surface area contributed by atoms with Gasteiger partial charge >= 0.3 is 0 Å². The summed E-state index contributed by atoms with van der Waals surface area (Å²) >= 11 is 5.03. The number of halogens is 1. The van der Waals surface area contributed by atoms with Gasteiger partial charge in [-0.15, -0.1) is 11.8 Å². The van der Waals surface area contributed by atoms with Gasteiger partial charge in [-0.25, -0.2) is 0 Å². The van der Waals surface area contributed by atoms with Crippen molar-refractivity contribution in [1.82, 2.24) is 0 Å². The molecule has 0 aliphatic heterocycles. The highest BCUT2D eigenvalue weighted by Gasteiger charge is 2.14. The molecule has 1 atom stereocenters. The fourth-order valence-electron chi connectivity index (χ4n) is 1.84. The number of carbonyl (C=O) groups is 1. The molecule has 0 aliphatic rings. The van der Waals surface area contributed by atoms with Gasteiger partial charge in [0, 0.05) is 15.9 Å². The highest BCUT2D eigenvalue weighted by molar-refractivity contribution is 9.10. The number of hydrogen-bond donors (Lipinski definition) is 1. The number of thioether (sulfide) groups is 1. The van der Waals surface area contributed by atoms with E-state index in [2.05, 4.69) is 40.3 Å². The molecule has 1 N–H and O–H groups in total. The van der Waals surface area contributed by atoms with Crippen LogP contribution in [-0.2, 0) is 10.5 Å². The van der Waals surface area contributed by atoms with E-state index in [0.717, 1.165) is 15.9 Å². The second kappa shape index (κ2) is 7.66. The van der Waals surface area contributed by atoms with Crippen molar-refractivity contribution in [3.8, 4) is 0 Å². The van der Waals surface area contributed by atoms with Crippen LogP contribution < -0.4 is 5.32 Å². The first kappa shape index (κ1) is 16.1. The highest BCUT2D eigenvalue weighted by Crippen LogP contribution is 2.21. The summed E-state index contributed by atoms with van der Waals surface area (Å²) in [6, 6.07) is 15.9. The number of amides is 1. The second-order valence-corrected chi connectivity index (χ2v) is 7.12. The molecule has 0 aromatic heterocycles. The zero-order valence-corrected chi connectivity index (χ0v) is 14.5. The molecular formula is C17H18BrNOS. The fraction of sp³-hybridized carbons (Fsp3) is 0.235. The summed E-state index contributed by atoms with van der Waals surface area (Å²) in [6.07, 6.45) is 0. The maximum Gasteiger partial charge on any atom is 0.237 e. The standard InChI is InChI=1S/C17H18BrNOS/c1-12-5-3-4-6-14(12)11-21-13(2)17(20)19-16-9-7-15(18)8-10-16/h3-10,13H,11H2,1-2H3,(H,19,20)/t13-/m1/s1. The van der Waals surface area contributed by atoms with E-state index in [1.54, 1.807) is 11.8 Å². The molecule has 0 fully saturated rings. The third kappa shape index (κ3) is 4.90. The topological polar surface area (TPSA) is 29.1 Å². The van der Waals surface area contributed by atoms with Gasteiger partial charge in [0.1, 0.15) is 0 Å². The van der Waals surface area contributed by atoms with Crippen LogP contribution in [0.2, 0.25) is 0 Å². The van der Waals surface area contributed by atoms with Crippen LogP contribution in [0.4, 0.5) is 5.69 Å². The molecule has 2 nitrogen and oxygen atoms in total. The molecule has 21 heavy (non-hydrogen) atoms. The van der Waals surface area contributed by atoms with E-state index in [1.165, 1.54) is 11.1 Å². The van der Waals surface area contributed by atoms with Crippen molar-refractivity contribution >= 4 is 39.3 Å². The lowest BCUT2D eigenvalue weighted by molar-refractivity contribution is -0.115. The summed E-state index contributed by atoms with van der Waals surface area (Å²) in [5.74, 6) is 0.887. The fourth-order valence-corrected chi connectivity index (χ4v) is 3.07. The number of carbonyl (C=O) groups excluding carboxylic acids is 1. The lowest BCUT2D eigenvalue weighted by Crippen LogP contribution is -2.22. The van der Waals surface area contributed by atoms with Crippen molar-refractivity contribution in [2.24, 2.45) is 0 Å². The molecule has 0 spiro atoms. The summed E-state index contributed by atoms with van der Waals surface area (Å²) < 4.78 is 1.00. The molecule has 2 aromatic rings. The minimum absolute atomic E-state index is 0.0379. The minimum Gasteiger partial charge on any atom is -0.325 e. The number of hydrogen-bond acceptors (Lipinski definition) is 2. The SMILES string of the molecule is Cc1ccccc1CS[C@H](C)C(=O)Nc1ccc(Br)cc1. The van der Waals surface area contributed by atoms with Gasteiger partial charge in [0.05, 0.1) is 5.25 Å². The molecule has 0 unspecified atom stereocenters. The Hall–Kier alpha value is -1.26. The van der Waals surface area contributed by atoms with Gasteiger partial charge in [-0.3, -0.25) is 4.79 Å². The van der Waals surface area contributed by atoms with Gasteiger partial charge in [-0.1, -0.05) is 40.2 Å². The summed E-state index contributed by atoms with van der Waals surface area (Å²) in [5, 5.41) is 2.85. The molecule has 2 aromatic carbocycles. The van der Waals surface area contributed by atoms with Crippen LogP contribution in [0.5, 0.6) is 0 Å². The Morgan fingerprint density at radius 2 is 1.86 bits per heavy atom. The smallest absolute Gasteiger partial charge is 0.237 e. The number of aryl methyl sites for hydroxylation is 1. The average molecular weight is 364 g/mol. The lowest BCUT2D eigenvalue weighted by Gasteiger charge is -2.13. The van der Waals surface area contributed by atoms with Crippen molar-refractivity contribution in [3.05, 3.63) is 64.1 Å². The van der Waals surface area contributed by atoms with Gasteiger partial charge in [0.2, 0.25) is 5.91 Å². The molecule has 1 amide bonds. The van der Waals surface area contributed by atoms with E-state index >= 15 is 0 Å².